The van der Waals surface area contributed by atoms with Gasteiger partial charge in [0, 0.05) is 10.0 Å². The highest BCUT2D eigenvalue weighted by Crippen LogP contribution is 2.26. The minimum Gasteiger partial charge on any atom is -0.391 e. The molecule has 0 saturated heterocycles. The summed E-state index contributed by atoms with van der Waals surface area (Å²) in [4.78, 5) is 0. The second kappa shape index (κ2) is 5.17. The molecule has 0 radical (unpaired) electrons. The molecular formula is C11H15Cl2NO. The Morgan fingerprint density at radius 1 is 1.13 bits per heavy atom. The van der Waals surface area contributed by atoms with Crippen LogP contribution in [0.15, 0.2) is 18.2 Å². The van der Waals surface area contributed by atoms with E-state index in [1.165, 1.54) is 0 Å². The first kappa shape index (κ1) is 12.8. The summed E-state index contributed by atoms with van der Waals surface area (Å²) >= 11 is 11.7. The summed E-state index contributed by atoms with van der Waals surface area (Å²) in [5, 5.41) is 10.9. The fourth-order valence-corrected chi connectivity index (χ4v) is 1.92. The number of halogens is 2. The highest BCUT2D eigenvalue weighted by atomic mass is 35.5. The summed E-state index contributed by atoms with van der Waals surface area (Å²) in [6.07, 6.45) is -0.598. The van der Waals surface area contributed by atoms with E-state index in [-0.39, 0.29) is 5.92 Å². The fraction of sp³-hybridized carbons (Fsp3) is 0.455. The van der Waals surface area contributed by atoms with E-state index in [0.717, 1.165) is 5.56 Å². The Labute approximate surface area is 100.0 Å². The lowest BCUT2D eigenvalue weighted by molar-refractivity contribution is 0.0979. The Morgan fingerprint density at radius 3 is 2.00 bits per heavy atom. The average molecular weight is 248 g/mol. The summed E-state index contributed by atoms with van der Waals surface area (Å²) in [5.74, 6) is 0.0951. The van der Waals surface area contributed by atoms with Gasteiger partial charge in [0.2, 0.25) is 0 Å². The smallest absolute Gasteiger partial charge is 0.0755 e. The van der Waals surface area contributed by atoms with Crippen molar-refractivity contribution in [3.63, 3.8) is 0 Å². The predicted octanol–water partition coefficient (Wildman–Crippen LogP) is 3.01. The van der Waals surface area contributed by atoms with Gasteiger partial charge < -0.3 is 10.8 Å². The van der Waals surface area contributed by atoms with Crippen molar-refractivity contribution in [1.82, 2.24) is 0 Å². The van der Waals surface area contributed by atoms with Gasteiger partial charge in [-0.2, -0.15) is 0 Å². The Kier molecular flexibility index (Phi) is 4.41. The Balaban J connectivity index is 2.95. The van der Waals surface area contributed by atoms with Crippen molar-refractivity contribution in [1.29, 1.82) is 0 Å². The van der Waals surface area contributed by atoms with Gasteiger partial charge >= 0.3 is 0 Å². The van der Waals surface area contributed by atoms with Crippen molar-refractivity contribution in [3.05, 3.63) is 33.8 Å². The van der Waals surface area contributed by atoms with Crippen LogP contribution in [0, 0.1) is 5.92 Å². The van der Waals surface area contributed by atoms with E-state index >= 15 is 0 Å². The second-order valence-corrected chi connectivity index (χ2v) is 4.84. The maximum atomic E-state index is 9.82. The van der Waals surface area contributed by atoms with Gasteiger partial charge in [-0.15, -0.1) is 0 Å². The molecule has 0 amide bonds. The van der Waals surface area contributed by atoms with Gasteiger partial charge in [0.1, 0.15) is 0 Å². The fourth-order valence-electron chi connectivity index (χ4n) is 1.38. The normalized spacial score (nSPS) is 15.4. The molecule has 0 aliphatic rings. The largest absolute Gasteiger partial charge is 0.391 e. The van der Waals surface area contributed by atoms with Gasteiger partial charge in [0.15, 0.2) is 0 Å². The number of aliphatic hydroxyl groups excluding tert-OH is 1. The lowest BCUT2D eigenvalue weighted by atomic mass is 9.94. The van der Waals surface area contributed by atoms with Gasteiger partial charge in [-0.05, 0) is 29.7 Å². The van der Waals surface area contributed by atoms with Crippen LogP contribution in [-0.4, -0.2) is 11.2 Å². The molecule has 15 heavy (non-hydrogen) atoms. The standard InChI is InChI=1S/C11H15Cl2NO/c1-6(2)11(15)10(14)7-3-8(12)5-9(13)4-7/h3-6,10-11,15H,14H2,1-2H3/t10-,11+/m0/s1. The molecule has 2 nitrogen and oxygen atoms in total. The van der Waals surface area contributed by atoms with Crippen molar-refractivity contribution in [2.45, 2.75) is 26.0 Å². The summed E-state index contributed by atoms with van der Waals surface area (Å²) in [6.45, 7) is 3.83. The molecule has 0 aliphatic carbocycles. The molecule has 4 heteroatoms. The number of hydrogen-bond donors (Lipinski definition) is 2. The van der Waals surface area contributed by atoms with Crippen molar-refractivity contribution < 1.29 is 5.11 Å². The van der Waals surface area contributed by atoms with Crippen LogP contribution in [0.1, 0.15) is 25.5 Å². The first-order chi connectivity index (χ1) is 6.91. The second-order valence-electron chi connectivity index (χ2n) is 3.96. The lowest BCUT2D eigenvalue weighted by Crippen LogP contribution is -2.30. The topological polar surface area (TPSA) is 46.2 Å². The van der Waals surface area contributed by atoms with Crippen LogP contribution < -0.4 is 5.73 Å². The Bertz CT molecular complexity index is 321. The Morgan fingerprint density at radius 2 is 1.60 bits per heavy atom. The molecule has 1 aromatic rings. The van der Waals surface area contributed by atoms with Crippen LogP contribution in [0.2, 0.25) is 10.0 Å². The number of nitrogens with two attached hydrogens (primary N) is 1. The molecule has 0 unspecified atom stereocenters. The number of rotatable bonds is 3. The van der Waals surface area contributed by atoms with Crippen molar-refractivity contribution >= 4 is 23.2 Å². The molecule has 0 aromatic heterocycles. The minimum atomic E-state index is -0.598. The van der Waals surface area contributed by atoms with Crippen LogP contribution in [-0.2, 0) is 0 Å². The zero-order valence-corrected chi connectivity index (χ0v) is 10.3. The summed E-state index contributed by atoms with van der Waals surface area (Å²) in [5.41, 5.74) is 6.67. The molecule has 0 aliphatic heterocycles. The van der Waals surface area contributed by atoms with Gasteiger partial charge in [-0.25, -0.2) is 0 Å². The molecule has 0 saturated carbocycles. The van der Waals surface area contributed by atoms with Crippen LogP contribution in [0.5, 0.6) is 0 Å². The molecule has 0 spiro atoms. The summed E-state index contributed by atoms with van der Waals surface area (Å²) < 4.78 is 0. The predicted molar refractivity (Wildman–Crippen MR) is 64.2 cm³/mol. The molecule has 84 valence electrons. The van der Waals surface area contributed by atoms with E-state index in [1.54, 1.807) is 18.2 Å². The molecule has 0 fully saturated rings. The third-order valence-electron chi connectivity index (χ3n) is 2.32. The monoisotopic (exact) mass is 247 g/mol. The van der Waals surface area contributed by atoms with Gasteiger partial charge in [0.25, 0.3) is 0 Å². The van der Waals surface area contributed by atoms with Crippen LogP contribution in [0.3, 0.4) is 0 Å². The first-order valence-corrected chi connectivity index (χ1v) is 5.57. The Hall–Kier alpha value is -0.280. The van der Waals surface area contributed by atoms with E-state index < -0.39 is 12.1 Å². The van der Waals surface area contributed by atoms with Gasteiger partial charge in [0.05, 0.1) is 12.1 Å². The maximum absolute atomic E-state index is 9.82. The first-order valence-electron chi connectivity index (χ1n) is 4.81. The molecule has 1 aromatic carbocycles. The summed E-state index contributed by atoms with van der Waals surface area (Å²) in [7, 11) is 0. The van der Waals surface area contributed by atoms with Crippen LogP contribution >= 0.6 is 23.2 Å². The number of benzene rings is 1. The van der Waals surface area contributed by atoms with E-state index in [0.29, 0.717) is 10.0 Å². The average Bonchev–Trinajstić information content (AvgIpc) is 2.13. The summed E-state index contributed by atoms with van der Waals surface area (Å²) in [6, 6.07) is 4.63. The van der Waals surface area contributed by atoms with Crippen molar-refractivity contribution in [2.24, 2.45) is 11.7 Å². The molecular weight excluding hydrogens is 233 g/mol. The molecule has 0 bridgehead atoms. The number of aliphatic hydroxyl groups is 1. The quantitative estimate of drug-likeness (QED) is 0.863. The van der Waals surface area contributed by atoms with Gasteiger partial charge in [-0.3, -0.25) is 0 Å². The third kappa shape index (κ3) is 3.35. The SMILES string of the molecule is CC(C)[C@@H](O)[C@@H](N)c1cc(Cl)cc(Cl)c1. The molecule has 1 rings (SSSR count). The van der Waals surface area contributed by atoms with Crippen LogP contribution in [0.25, 0.3) is 0 Å². The molecule has 0 heterocycles. The maximum Gasteiger partial charge on any atom is 0.0755 e. The zero-order chi connectivity index (χ0) is 11.6. The van der Waals surface area contributed by atoms with E-state index in [2.05, 4.69) is 0 Å². The molecule has 2 atom stereocenters. The van der Waals surface area contributed by atoms with Gasteiger partial charge in [-0.1, -0.05) is 37.0 Å². The minimum absolute atomic E-state index is 0.0951. The molecule has 3 N–H and O–H groups in total. The zero-order valence-electron chi connectivity index (χ0n) is 8.74. The lowest BCUT2D eigenvalue weighted by Gasteiger charge is -2.22. The van der Waals surface area contributed by atoms with E-state index in [9.17, 15) is 5.11 Å². The van der Waals surface area contributed by atoms with Crippen molar-refractivity contribution in [2.75, 3.05) is 0 Å². The highest BCUT2D eigenvalue weighted by molar-refractivity contribution is 6.34. The third-order valence-corrected chi connectivity index (χ3v) is 2.76. The number of hydrogen-bond acceptors (Lipinski definition) is 2. The highest BCUT2D eigenvalue weighted by Gasteiger charge is 2.20. The van der Waals surface area contributed by atoms with Crippen LogP contribution in [0.4, 0.5) is 0 Å². The van der Waals surface area contributed by atoms with E-state index in [1.807, 2.05) is 13.8 Å². The van der Waals surface area contributed by atoms with Crippen molar-refractivity contribution in [3.8, 4) is 0 Å². The van der Waals surface area contributed by atoms with E-state index in [4.69, 9.17) is 28.9 Å².